The van der Waals surface area contributed by atoms with E-state index in [9.17, 15) is 18.3 Å². The highest BCUT2D eigenvalue weighted by molar-refractivity contribution is 7.85. The highest BCUT2D eigenvalue weighted by Gasteiger charge is 2.25. The largest absolute Gasteiger partial charge is 0.497 e. The molecule has 2 aromatic carbocycles. The van der Waals surface area contributed by atoms with Gasteiger partial charge in [0.1, 0.15) is 5.75 Å². The molecule has 0 radical (unpaired) electrons. The molecule has 0 bridgehead atoms. The Hall–Kier alpha value is -2.42. The number of aliphatic hydroxyl groups excluding tert-OH is 1. The van der Waals surface area contributed by atoms with Crippen molar-refractivity contribution < 1.29 is 27.6 Å². The Balaban J connectivity index is 2.24. The molecule has 1 atom stereocenters. The Morgan fingerprint density at radius 2 is 1.72 bits per heavy atom. The van der Waals surface area contributed by atoms with Crippen molar-refractivity contribution in [1.82, 2.24) is 4.90 Å². The lowest BCUT2D eigenvalue weighted by Gasteiger charge is -2.27. The molecule has 0 saturated heterocycles. The zero-order valence-corrected chi connectivity index (χ0v) is 17.4. The second kappa shape index (κ2) is 10.4. The summed E-state index contributed by atoms with van der Waals surface area (Å²) in [6, 6.07) is 13.1. The zero-order chi connectivity index (χ0) is 21.4. The summed E-state index contributed by atoms with van der Waals surface area (Å²) < 4.78 is 36.8. The van der Waals surface area contributed by atoms with Crippen LogP contribution in [0, 0.1) is 0 Å². The van der Waals surface area contributed by atoms with Crippen molar-refractivity contribution in [3.05, 3.63) is 59.7 Å². The number of hydrogen-bond acceptors (Lipinski definition) is 5. The lowest BCUT2D eigenvalue weighted by atomic mass is 9.94. The van der Waals surface area contributed by atoms with Crippen molar-refractivity contribution in [3.63, 3.8) is 0 Å². The molecular weight excluding hydrogens is 394 g/mol. The standard InChI is InChI=1S/C21H27NO6S/c1-3-20(17-7-11-19(12-8-17)29(25,26)27)21(24)22(13-4-14-23)15-16-5-9-18(28-2)10-6-16/h5-12,20,23H,3-4,13-15H2,1-2H3,(H,25,26,27)/t20-/m0/s1. The van der Waals surface area contributed by atoms with Crippen LogP contribution in [-0.4, -0.2) is 49.1 Å². The minimum atomic E-state index is -4.28. The zero-order valence-electron chi connectivity index (χ0n) is 16.6. The van der Waals surface area contributed by atoms with Gasteiger partial charge in [0.05, 0.1) is 17.9 Å². The van der Waals surface area contributed by atoms with Gasteiger partial charge < -0.3 is 14.7 Å². The van der Waals surface area contributed by atoms with Gasteiger partial charge in [0, 0.05) is 19.7 Å². The summed E-state index contributed by atoms with van der Waals surface area (Å²) in [7, 11) is -2.69. The number of carbonyl (C=O) groups is 1. The molecule has 0 aliphatic rings. The summed E-state index contributed by atoms with van der Waals surface area (Å²) in [5.74, 6) is 0.172. The maximum atomic E-state index is 13.2. The number of aliphatic hydroxyl groups is 1. The van der Waals surface area contributed by atoms with Gasteiger partial charge in [-0.15, -0.1) is 0 Å². The average Bonchev–Trinajstić information content (AvgIpc) is 2.71. The minimum absolute atomic E-state index is 0.0216. The van der Waals surface area contributed by atoms with Gasteiger partial charge in [-0.2, -0.15) is 8.42 Å². The van der Waals surface area contributed by atoms with Crippen LogP contribution in [-0.2, 0) is 21.5 Å². The van der Waals surface area contributed by atoms with Crippen LogP contribution >= 0.6 is 0 Å². The predicted octanol–water partition coefficient (Wildman–Crippen LogP) is 2.85. The monoisotopic (exact) mass is 421 g/mol. The number of ether oxygens (including phenoxy) is 1. The van der Waals surface area contributed by atoms with Crippen molar-refractivity contribution >= 4 is 16.0 Å². The van der Waals surface area contributed by atoms with Crippen molar-refractivity contribution in [2.24, 2.45) is 0 Å². The number of carbonyl (C=O) groups excluding carboxylic acids is 1. The molecule has 0 fully saturated rings. The fourth-order valence-corrected chi connectivity index (χ4v) is 3.61. The van der Waals surface area contributed by atoms with Crippen molar-refractivity contribution in [1.29, 1.82) is 0 Å². The molecule has 0 aliphatic carbocycles. The van der Waals surface area contributed by atoms with E-state index in [1.807, 2.05) is 31.2 Å². The van der Waals surface area contributed by atoms with E-state index in [0.717, 1.165) is 11.3 Å². The molecule has 2 N–H and O–H groups in total. The predicted molar refractivity (Wildman–Crippen MR) is 109 cm³/mol. The van der Waals surface area contributed by atoms with Crippen LogP contribution in [0.5, 0.6) is 5.75 Å². The minimum Gasteiger partial charge on any atom is -0.497 e. The topological polar surface area (TPSA) is 104 Å². The number of amides is 1. The number of hydrogen-bond donors (Lipinski definition) is 2. The summed E-state index contributed by atoms with van der Waals surface area (Å²) in [4.78, 5) is 14.7. The summed E-state index contributed by atoms with van der Waals surface area (Å²) in [5.41, 5.74) is 1.61. The van der Waals surface area contributed by atoms with Crippen LogP contribution in [0.25, 0.3) is 0 Å². The Morgan fingerprint density at radius 3 is 2.21 bits per heavy atom. The Labute approximate surface area is 171 Å². The second-order valence-electron chi connectivity index (χ2n) is 6.69. The fourth-order valence-electron chi connectivity index (χ4n) is 3.13. The quantitative estimate of drug-likeness (QED) is 0.572. The number of methoxy groups -OCH3 is 1. The Kier molecular flexibility index (Phi) is 8.19. The first-order chi connectivity index (χ1) is 13.8. The third-order valence-corrected chi connectivity index (χ3v) is 5.58. The van der Waals surface area contributed by atoms with Gasteiger partial charge in [0.25, 0.3) is 10.1 Å². The maximum absolute atomic E-state index is 13.2. The third kappa shape index (κ3) is 6.28. The summed E-state index contributed by atoms with van der Waals surface area (Å²) >= 11 is 0. The second-order valence-corrected chi connectivity index (χ2v) is 8.11. The first kappa shape index (κ1) is 22.9. The van der Waals surface area contributed by atoms with Crippen LogP contribution < -0.4 is 4.74 Å². The van der Waals surface area contributed by atoms with Gasteiger partial charge in [-0.3, -0.25) is 9.35 Å². The molecule has 0 saturated carbocycles. The summed E-state index contributed by atoms with van der Waals surface area (Å²) in [5, 5.41) is 9.22. The van der Waals surface area contributed by atoms with Gasteiger partial charge in [0.2, 0.25) is 5.91 Å². The molecule has 0 aliphatic heterocycles. The average molecular weight is 422 g/mol. The molecule has 7 nitrogen and oxygen atoms in total. The van der Waals surface area contributed by atoms with Crippen molar-refractivity contribution in [2.45, 2.75) is 37.1 Å². The lowest BCUT2D eigenvalue weighted by Crippen LogP contribution is -2.35. The number of benzene rings is 2. The highest BCUT2D eigenvalue weighted by atomic mass is 32.2. The van der Waals surface area contributed by atoms with Gasteiger partial charge in [-0.25, -0.2) is 0 Å². The highest BCUT2D eigenvalue weighted by Crippen LogP contribution is 2.25. The van der Waals surface area contributed by atoms with E-state index >= 15 is 0 Å². The number of rotatable bonds is 10. The summed E-state index contributed by atoms with van der Waals surface area (Å²) in [6.45, 7) is 2.66. The van der Waals surface area contributed by atoms with E-state index in [-0.39, 0.29) is 17.4 Å². The maximum Gasteiger partial charge on any atom is 0.294 e. The molecule has 2 rings (SSSR count). The normalized spacial score (nSPS) is 12.4. The van der Waals surface area contributed by atoms with Gasteiger partial charge in [-0.1, -0.05) is 31.2 Å². The molecule has 0 heterocycles. The van der Waals surface area contributed by atoms with Gasteiger partial charge in [0.15, 0.2) is 0 Å². The molecule has 0 spiro atoms. The van der Waals surface area contributed by atoms with E-state index in [1.165, 1.54) is 12.1 Å². The first-order valence-electron chi connectivity index (χ1n) is 9.40. The molecule has 1 amide bonds. The van der Waals surface area contributed by atoms with Crippen molar-refractivity contribution in [3.8, 4) is 5.75 Å². The van der Waals surface area contributed by atoms with Gasteiger partial charge in [-0.05, 0) is 48.2 Å². The third-order valence-electron chi connectivity index (χ3n) is 4.72. The SMILES string of the molecule is CC[C@H](C(=O)N(CCCO)Cc1ccc(OC)cc1)c1ccc(S(=O)(=O)O)cc1. The van der Waals surface area contributed by atoms with Crippen LogP contribution in [0.1, 0.15) is 36.8 Å². The van der Waals surface area contributed by atoms with E-state index in [0.29, 0.717) is 31.5 Å². The fraction of sp³-hybridized carbons (Fsp3) is 0.381. The van der Waals surface area contributed by atoms with Crippen LogP contribution in [0.4, 0.5) is 0 Å². The molecule has 0 aromatic heterocycles. The Morgan fingerprint density at radius 1 is 1.10 bits per heavy atom. The first-order valence-corrected chi connectivity index (χ1v) is 10.8. The molecule has 0 unspecified atom stereocenters. The van der Waals surface area contributed by atoms with Gasteiger partial charge >= 0.3 is 0 Å². The van der Waals surface area contributed by atoms with E-state index < -0.39 is 16.0 Å². The van der Waals surface area contributed by atoms with Crippen LogP contribution in [0.2, 0.25) is 0 Å². The lowest BCUT2D eigenvalue weighted by molar-refractivity contribution is -0.133. The summed E-state index contributed by atoms with van der Waals surface area (Å²) in [6.07, 6.45) is 0.988. The number of nitrogens with zero attached hydrogens (tertiary/aromatic N) is 1. The molecule has 158 valence electrons. The van der Waals surface area contributed by atoms with Crippen LogP contribution in [0.3, 0.4) is 0 Å². The van der Waals surface area contributed by atoms with Crippen LogP contribution in [0.15, 0.2) is 53.4 Å². The molecule has 8 heteroatoms. The smallest absolute Gasteiger partial charge is 0.294 e. The van der Waals surface area contributed by atoms with E-state index in [4.69, 9.17) is 9.29 Å². The Bertz CT molecular complexity index is 894. The van der Waals surface area contributed by atoms with Crippen molar-refractivity contribution in [2.75, 3.05) is 20.3 Å². The molecular formula is C21H27NO6S. The van der Waals surface area contributed by atoms with E-state index in [2.05, 4.69) is 0 Å². The molecule has 2 aromatic rings. The molecule has 29 heavy (non-hydrogen) atoms. The van der Waals surface area contributed by atoms with E-state index in [1.54, 1.807) is 24.1 Å².